The summed E-state index contributed by atoms with van der Waals surface area (Å²) in [5, 5.41) is 15.2. The Morgan fingerprint density at radius 1 is 0.889 bits per heavy atom. The van der Waals surface area contributed by atoms with Gasteiger partial charge in [0.15, 0.2) is 0 Å². The van der Waals surface area contributed by atoms with Crippen LogP contribution in [0, 0.1) is 0 Å². The predicted molar refractivity (Wildman–Crippen MR) is 27.4 cm³/mol. The van der Waals surface area contributed by atoms with Gasteiger partial charge >= 0.3 is 69.1 Å². The van der Waals surface area contributed by atoms with Crippen molar-refractivity contribution in [2.75, 3.05) is 0 Å². The number of carboxylic acid groups (broad SMARTS) is 2. The molecule has 0 rings (SSSR count). The first-order valence-electron chi connectivity index (χ1n) is 1.56. The van der Waals surface area contributed by atoms with E-state index in [4.69, 9.17) is 10.2 Å². The van der Waals surface area contributed by atoms with Gasteiger partial charge in [-0.25, -0.2) is 9.59 Å². The van der Waals surface area contributed by atoms with Crippen molar-refractivity contribution in [1.82, 2.24) is 0 Å². The van der Waals surface area contributed by atoms with Crippen molar-refractivity contribution in [3.63, 3.8) is 0 Å². The molecule has 0 saturated carbocycles. The molecule has 0 amide bonds. The average Bonchev–Trinajstić information content (AvgIpc) is 1.64. The van der Waals surface area contributed by atoms with Crippen molar-refractivity contribution in [2.45, 2.75) is 0 Å². The van der Waals surface area contributed by atoms with Crippen LogP contribution in [0.2, 0.25) is 0 Å². The molecular weight excluding hydrogens is 155 g/mol. The van der Waals surface area contributed by atoms with Gasteiger partial charge < -0.3 is 10.2 Å². The molecule has 5 nitrogen and oxygen atoms in total. The van der Waals surface area contributed by atoms with Gasteiger partial charge in [0.1, 0.15) is 0 Å². The Morgan fingerprint density at radius 2 is 1.11 bits per heavy atom. The summed E-state index contributed by atoms with van der Waals surface area (Å²) in [6, 6.07) is 0. The van der Waals surface area contributed by atoms with Gasteiger partial charge in [-0.05, 0) is 0 Å². The van der Waals surface area contributed by atoms with Gasteiger partial charge in [-0.15, -0.1) is 0 Å². The molecule has 0 aliphatic rings. The maximum absolute atomic E-state index is 9.64. The number of ketones is 1. The number of carbonyl (C=O) groups is 3. The van der Waals surface area contributed by atoms with E-state index in [-0.39, 0.29) is 51.4 Å². The second kappa shape index (κ2) is 5.06. The SMILES string of the molecule is O=C(O)C(=O)C(=O)O.[KH]. The molecule has 0 unspecified atom stereocenters. The van der Waals surface area contributed by atoms with Crippen molar-refractivity contribution in [1.29, 1.82) is 0 Å². The Bertz CT molecular complexity index is 134. The van der Waals surface area contributed by atoms with Crippen molar-refractivity contribution in [3.8, 4) is 0 Å². The zero-order chi connectivity index (χ0) is 6.73. The third kappa shape index (κ3) is 4.73. The first-order valence-corrected chi connectivity index (χ1v) is 1.56. The molecule has 0 aromatic carbocycles. The fraction of sp³-hybridized carbons (Fsp3) is 0. The Kier molecular flexibility index (Phi) is 6.74. The van der Waals surface area contributed by atoms with E-state index in [1.807, 2.05) is 0 Å². The van der Waals surface area contributed by atoms with Gasteiger partial charge in [-0.3, -0.25) is 4.79 Å². The van der Waals surface area contributed by atoms with Crippen LogP contribution >= 0.6 is 0 Å². The summed E-state index contributed by atoms with van der Waals surface area (Å²) in [7, 11) is 0. The molecule has 0 heterocycles. The third-order valence-electron chi connectivity index (χ3n) is 0.388. The number of aliphatic carboxylic acids is 2. The number of hydrogen-bond donors (Lipinski definition) is 2. The van der Waals surface area contributed by atoms with E-state index in [0.29, 0.717) is 0 Å². The van der Waals surface area contributed by atoms with E-state index >= 15 is 0 Å². The molecule has 0 spiro atoms. The predicted octanol–water partition coefficient (Wildman–Crippen LogP) is -1.92. The standard InChI is InChI=1S/C3H2O5.K.H/c4-1(2(5)6)3(7)8;;/h(H,5,6)(H,7,8);;. The van der Waals surface area contributed by atoms with E-state index in [0.717, 1.165) is 0 Å². The fourth-order valence-electron chi connectivity index (χ4n) is 0.0915. The van der Waals surface area contributed by atoms with Crippen LogP contribution in [0.5, 0.6) is 0 Å². The number of hydrogen-bond acceptors (Lipinski definition) is 3. The summed E-state index contributed by atoms with van der Waals surface area (Å²) in [5.41, 5.74) is 0. The first kappa shape index (κ1) is 12.0. The molecule has 0 saturated heterocycles. The molecule has 6 heteroatoms. The van der Waals surface area contributed by atoms with Gasteiger partial charge in [0.2, 0.25) is 0 Å². The van der Waals surface area contributed by atoms with Crippen LogP contribution in [0.3, 0.4) is 0 Å². The quantitative estimate of drug-likeness (QED) is 0.277. The van der Waals surface area contributed by atoms with Gasteiger partial charge in [0, 0.05) is 0 Å². The minimum absolute atomic E-state index is 0. The average molecular weight is 158 g/mol. The van der Waals surface area contributed by atoms with Crippen molar-refractivity contribution < 1.29 is 24.6 Å². The molecule has 46 valence electrons. The molecule has 0 atom stereocenters. The van der Waals surface area contributed by atoms with E-state index in [9.17, 15) is 14.4 Å². The molecule has 0 aliphatic carbocycles. The van der Waals surface area contributed by atoms with Crippen LogP contribution in [0.25, 0.3) is 0 Å². The molecule has 0 fully saturated rings. The summed E-state index contributed by atoms with van der Waals surface area (Å²) >= 11 is 0. The Labute approximate surface area is 92.5 Å². The number of Topliss-reactive ketones (excluding diaryl/α,β-unsaturated/α-hetero) is 1. The van der Waals surface area contributed by atoms with Crippen LogP contribution in [0.15, 0.2) is 0 Å². The van der Waals surface area contributed by atoms with Crippen LogP contribution in [0.4, 0.5) is 0 Å². The second-order valence-corrected chi connectivity index (χ2v) is 0.939. The molecule has 0 aliphatic heterocycles. The molecule has 0 bridgehead atoms. The zero-order valence-electron chi connectivity index (χ0n) is 3.62. The van der Waals surface area contributed by atoms with Crippen molar-refractivity contribution >= 4 is 69.1 Å². The van der Waals surface area contributed by atoms with Gasteiger partial charge in [-0.1, -0.05) is 0 Å². The third-order valence-corrected chi connectivity index (χ3v) is 0.388. The van der Waals surface area contributed by atoms with E-state index in [1.165, 1.54) is 0 Å². The van der Waals surface area contributed by atoms with Crippen LogP contribution in [0.1, 0.15) is 0 Å². The monoisotopic (exact) mass is 158 g/mol. The normalized spacial score (nSPS) is 7.11. The molecule has 9 heavy (non-hydrogen) atoms. The number of carboxylic acids is 2. The van der Waals surface area contributed by atoms with E-state index < -0.39 is 17.7 Å². The first-order chi connectivity index (χ1) is 3.55. The Morgan fingerprint density at radius 3 is 1.11 bits per heavy atom. The summed E-state index contributed by atoms with van der Waals surface area (Å²) < 4.78 is 0. The maximum atomic E-state index is 9.64. The fourth-order valence-corrected chi connectivity index (χ4v) is 0.0915. The summed E-state index contributed by atoms with van der Waals surface area (Å²) in [4.78, 5) is 28.5. The molecule has 0 aromatic heterocycles. The van der Waals surface area contributed by atoms with Crippen LogP contribution in [-0.4, -0.2) is 79.3 Å². The Hall–Kier alpha value is 0.246. The molecule has 0 radical (unpaired) electrons. The minimum atomic E-state index is -1.95. The number of rotatable bonds is 2. The second-order valence-electron chi connectivity index (χ2n) is 0.939. The summed E-state index contributed by atoms with van der Waals surface area (Å²) in [5.74, 6) is -5.71. The van der Waals surface area contributed by atoms with Crippen LogP contribution in [-0.2, 0) is 14.4 Å². The molecule has 2 N–H and O–H groups in total. The molecule has 0 aromatic rings. The van der Waals surface area contributed by atoms with E-state index in [1.54, 1.807) is 0 Å². The van der Waals surface area contributed by atoms with Gasteiger partial charge in [0.05, 0.1) is 0 Å². The Balaban J connectivity index is 0. The summed E-state index contributed by atoms with van der Waals surface area (Å²) in [6.45, 7) is 0. The van der Waals surface area contributed by atoms with Gasteiger partial charge in [0.25, 0.3) is 0 Å². The summed E-state index contributed by atoms with van der Waals surface area (Å²) in [6.07, 6.45) is 0. The molecular formula is C3H3KO5. The van der Waals surface area contributed by atoms with Gasteiger partial charge in [-0.2, -0.15) is 0 Å². The number of carbonyl (C=O) groups excluding carboxylic acids is 1. The van der Waals surface area contributed by atoms with E-state index in [2.05, 4.69) is 0 Å². The topological polar surface area (TPSA) is 91.7 Å². The van der Waals surface area contributed by atoms with Crippen molar-refractivity contribution in [3.05, 3.63) is 0 Å². The van der Waals surface area contributed by atoms with Crippen molar-refractivity contribution in [2.24, 2.45) is 0 Å². The zero-order valence-corrected chi connectivity index (χ0v) is 3.62. The van der Waals surface area contributed by atoms with Crippen LogP contribution < -0.4 is 0 Å².